The lowest BCUT2D eigenvalue weighted by molar-refractivity contribution is 0.0697. The highest BCUT2D eigenvalue weighted by Crippen LogP contribution is 2.29. The normalized spacial score (nSPS) is 16.6. The summed E-state index contributed by atoms with van der Waals surface area (Å²) in [6.07, 6.45) is 4.00. The fraction of sp³-hybridized carbons (Fsp3) is 0.429. The molecule has 6 heteroatoms. The molecule has 0 saturated heterocycles. The lowest BCUT2D eigenvalue weighted by Crippen LogP contribution is -2.45. The smallest absolute Gasteiger partial charge is 0.337 e. The van der Waals surface area contributed by atoms with E-state index in [1.54, 1.807) is 0 Å². The van der Waals surface area contributed by atoms with Crippen molar-refractivity contribution in [2.45, 2.75) is 38.1 Å². The van der Waals surface area contributed by atoms with Gasteiger partial charge >= 0.3 is 12.0 Å². The lowest BCUT2D eigenvalue weighted by atomic mass is 10.0. The number of aromatic hydroxyl groups is 1. The second kappa shape index (κ2) is 5.40. The van der Waals surface area contributed by atoms with Crippen LogP contribution in [-0.2, 0) is 0 Å². The molecule has 4 N–H and O–H groups in total. The zero-order chi connectivity index (χ0) is 14.8. The third-order valence-corrected chi connectivity index (χ3v) is 3.60. The fourth-order valence-electron chi connectivity index (χ4n) is 2.53. The number of anilines is 1. The molecule has 1 aromatic carbocycles. The predicted octanol–water partition coefficient (Wildman–Crippen LogP) is 2.54. The summed E-state index contributed by atoms with van der Waals surface area (Å²) < 4.78 is 0. The third-order valence-electron chi connectivity index (χ3n) is 3.60. The van der Waals surface area contributed by atoms with Gasteiger partial charge in [-0.25, -0.2) is 9.59 Å². The Bertz CT molecular complexity index is 536. The van der Waals surface area contributed by atoms with Crippen molar-refractivity contribution in [3.05, 3.63) is 23.8 Å². The lowest BCUT2D eigenvalue weighted by Gasteiger charge is -2.25. The highest BCUT2D eigenvalue weighted by atomic mass is 16.4. The quantitative estimate of drug-likeness (QED) is 0.638. The number of phenols is 1. The summed E-state index contributed by atoms with van der Waals surface area (Å²) in [6.45, 7) is 1.98. The molecule has 0 bridgehead atoms. The SMILES string of the molecule is CC1(NC(=O)Nc2ccc(O)cc2C(=O)O)CCCC1. The van der Waals surface area contributed by atoms with Gasteiger partial charge in [-0.2, -0.15) is 0 Å². The van der Waals surface area contributed by atoms with Crippen molar-refractivity contribution >= 4 is 17.7 Å². The predicted molar refractivity (Wildman–Crippen MR) is 74.1 cm³/mol. The maximum Gasteiger partial charge on any atom is 0.337 e. The molecule has 20 heavy (non-hydrogen) atoms. The first-order chi connectivity index (χ1) is 9.39. The second-order valence-electron chi connectivity index (χ2n) is 5.38. The Morgan fingerprint density at radius 1 is 1.25 bits per heavy atom. The average Bonchev–Trinajstić information content (AvgIpc) is 2.77. The monoisotopic (exact) mass is 278 g/mol. The number of rotatable bonds is 3. The number of amides is 2. The van der Waals surface area contributed by atoms with Gasteiger partial charge in [-0.1, -0.05) is 12.8 Å². The standard InChI is InChI=1S/C14H18N2O4/c1-14(6-2-3-7-14)16-13(20)15-11-5-4-9(17)8-10(11)12(18)19/h4-5,8,17H,2-3,6-7H2,1H3,(H,18,19)(H2,15,16,20). The highest BCUT2D eigenvalue weighted by molar-refractivity contribution is 6.00. The van der Waals surface area contributed by atoms with Gasteiger partial charge in [0.1, 0.15) is 5.75 Å². The molecule has 1 aromatic rings. The third kappa shape index (κ3) is 3.20. The summed E-state index contributed by atoms with van der Waals surface area (Å²) in [5.41, 5.74) is -0.212. The first-order valence-corrected chi connectivity index (χ1v) is 6.55. The van der Waals surface area contributed by atoms with Gasteiger partial charge in [-0.15, -0.1) is 0 Å². The molecule has 6 nitrogen and oxygen atoms in total. The van der Waals surface area contributed by atoms with Gasteiger partial charge < -0.3 is 20.8 Å². The van der Waals surface area contributed by atoms with Crippen LogP contribution in [0.3, 0.4) is 0 Å². The van der Waals surface area contributed by atoms with Crippen LogP contribution in [0.15, 0.2) is 18.2 Å². The molecule has 0 radical (unpaired) electrons. The van der Waals surface area contributed by atoms with Gasteiger partial charge in [0, 0.05) is 5.54 Å². The number of aromatic carboxylic acids is 1. The molecule has 1 aliphatic carbocycles. The van der Waals surface area contributed by atoms with Gasteiger partial charge in [-0.05, 0) is 38.0 Å². The van der Waals surface area contributed by atoms with E-state index in [4.69, 9.17) is 5.11 Å². The van der Waals surface area contributed by atoms with Crippen LogP contribution in [0, 0.1) is 0 Å². The number of carboxylic acids is 1. The van der Waals surface area contributed by atoms with Crippen molar-refractivity contribution in [3.63, 3.8) is 0 Å². The van der Waals surface area contributed by atoms with Crippen LogP contribution in [-0.4, -0.2) is 27.8 Å². The minimum Gasteiger partial charge on any atom is -0.508 e. The summed E-state index contributed by atoms with van der Waals surface area (Å²) in [6, 6.07) is 3.38. The van der Waals surface area contributed by atoms with E-state index in [-0.39, 0.29) is 22.5 Å². The molecule has 0 aliphatic heterocycles. The number of urea groups is 1. The first kappa shape index (κ1) is 14.2. The van der Waals surface area contributed by atoms with Gasteiger partial charge in [0.15, 0.2) is 0 Å². The zero-order valence-electron chi connectivity index (χ0n) is 11.3. The van der Waals surface area contributed by atoms with Crippen LogP contribution < -0.4 is 10.6 Å². The van der Waals surface area contributed by atoms with Crippen LogP contribution in [0.5, 0.6) is 5.75 Å². The number of carboxylic acid groups (broad SMARTS) is 1. The topological polar surface area (TPSA) is 98.7 Å². The van der Waals surface area contributed by atoms with Crippen molar-refractivity contribution in [3.8, 4) is 5.75 Å². The molecular formula is C14H18N2O4. The molecule has 0 atom stereocenters. The Morgan fingerprint density at radius 2 is 1.90 bits per heavy atom. The van der Waals surface area contributed by atoms with Crippen molar-refractivity contribution in [2.24, 2.45) is 0 Å². The van der Waals surface area contributed by atoms with Crippen molar-refractivity contribution < 1.29 is 19.8 Å². The molecule has 0 heterocycles. The maximum atomic E-state index is 12.0. The Kier molecular flexibility index (Phi) is 3.83. The summed E-state index contributed by atoms with van der Waals surface area (Å²) in [4.78, 5) is 23.0. The van der Waals surface area contributed by atoms with Gasteiger partial charge in [0.2, 0.25) is 0 Å². The van der Waals surface area contributed by atoms with Crippen LogP contribution in [0.2, 0.25) is 0 Å². The molecule has 108 valence electrons. The maximum absolute atomic E-state index is 12.0. The minimum atomic E-state index is -1.21. The van der Waals surface area contributed by atoms with Gasteiger partial charge in [0.25, 0.3) is 0 Å². The van der Waals surface area contributed by atoms with Crippen LogP contribution in [0.25, 0.3) is 0 Å². The summed E-state index contributed by atoms with van der Waals surface area (Å²) in [5, 5.41) is 23.8. The second-order valence-corrected chi connectivity index (χ2v) is 5.38. The van der Waals surface area contributed by atoms with Crippen molar-refractivity contribution in [2.75, 3.05) is 5.32 Å². The number of benzene rings is 1. The summed E-state index contributed by atoms with van der Waals surface area (Å²) in [7, 11) is 0. The molecule has 1 aliphatic rings. The summed E-state index contributed by atoms with van der Waals surface area (Å²) in [5.74, 6) is -1.36. The Hall–Kier alpha value is -2.24. The molecule has 0 unspecified atom stereocenters. The number of hydrogen-bond acceptors (Lipinski definition) is 3. The van der Waals surface area contributed by atoms with E-state index in [0.29, 0.717) is 0 Å². The number of carbonyl (C=O) groups excluding carboxylic acids is 1. The molecule has 2 rings (SSSR count). The zero-order valence-corrected chi connectivity index (χ0v) is 11.3. The average molecular weight is 278 g/mol. The number of carbonyl (C=O) groups is 2. The van der Waals surface area contributed by atoms with Gasteiger partial charge in [-0.3, -0.25) is 0 Å². The minimum absolute atomic E-state index is 0.142. The van der Waals surface area contributed by atoms with E-state index in [0.717, 1.165) is 31.7 Å². The number of hydrogen-bond donors (Lipinski definition) is 4. The van der Waals surface area contributed by atoms with E-state index in [1.807, 2.05) is 6.92 Å². The van der Waals surface area contributed by atoms with Crippen LogP contribution >= 0.6 is 0 Å². The van der Waals surface area contributed by atoms with Crippen molar-refractivity contribution in [1.29, 1.82) is 0 Å². The largest absolute Gasteiger partial charge is 0.508 e. The Balaban J connectivity index is 2.09. The number of phenolic OH excluding ortho intramolecular Hbond substituents is 1. The number of nitrogens with one attached hydrogen (secondary N) is 2. The molecule has 0 aromatic heterocycles. The van der Waals surface area contributed by atoms with Crippen LogP contribution in [0.4, 0.5) is 10.5 Å². The van der Waals surface area contributed by atoms with Crippen LogP contribution in [0.1, 0.15) is 43.0 Å². The van der Waals surface area contributed by atoms with Crippen molar-refractivity contribution in [1.82, 2.24) is 5.32 Å². The Labute approximate surface area is 116 Å². The highest BCUT2D eigenvalue weighted by Gasteiger charge is 2.30. The summed E-state index contributed by atoms with van der Waals surface area (Å²) >= 11 is 0. The molecule has 2 amide bonds. The first-order valence-electron chi connectivity index (χ1n) is 6.55. The fourth-order valence-corrected chi connectivity index (χ4v) is 2.53. The van der Waals surface area contributed by atoms with E-state index >= 15 is 0 Å². The van der Waals surface area contributed by atoms with E-state index in [9.17, 15) is 14.7 Å². The molecule has 1 saturated carbocycles. The van der Waals surface area contributed by atoms with Gasteiger partial charge in [0.05, 0.1) is 11.3 Å². The van der Waals surface area contributed by atoms with E-state index in [2.05, 4.69) is 10.6 Å². The molecule has 1 fully saturated rings. The van der Waals surface area contributed by atoms with E-state index in [1.165, 1.54) is 12.1 Å². The Morgan fingerprint density at radius 3 is 2.50 bits per heavy atom. The molecule has 0 spiro atoms. The van der Waals surface area contributed by atoms with E-state index < -0.39 is 12.0 Å². The molecular weight excluding hydrogens is 260 g/mol.